The van der Waals surface area contributed by atoms with Gasteiger partial charge in [-0.1, -0.05) is 12.1 Å². The fraction of sp³-hybridized carbons (Fsp3) is 0.200. The Bertz CT molecular complexity index is 737. The lowest BCUT2D eigenvalue weighted by Gasteiger charge is -2.03. The Hall–Kier alpha value is -3.16. The lowest BCUT2D eigenvalue weighted by atomic mass is 10.1. The van der Waals surface area contributed by atoms with Gasteiger partial charge in [0, 0.05) is 17.7 Å². The van der Waals surface area contributed by atoms with E-state index in [1.807, 2.05) is 0 Å². The molecule has 0 fully saturated rings. The van der Waals surface area contributed by atoms with Crippen molar-refractivity contribution in [2.75, 3.05) is 13.2 Å². The van der Waals surface area contributed by atoms with Crippen LogP contribution in [0.3, 0.4) is 0 Å². The second kappa shape index (κ2) is 7.21. The molecule has 120 valence electrons. The molecule has 0 aliphatic heterocycles. The van der Waals surface area contributed by atoms with Crippen molar-refractivity contribution in [1.29, 1.82) is 0 Å². The molecule has 1 N–H and O–H groups in total. The number of benzene rings is 1. The molecule has 8 heteroatoms. The minimum Gasteiger partial charge on any atom is -0.465 e. The van der Waals surface area contributed by atoms with E-state index < -0.39 is 16.8 Å². The van der Waals surface area contributed by atoms with E-state index in [0.717, 1.165) is 0 Å². The fourth-order valence-electron chi connectivity index (χ4n) is 1.84. The van der Waals surface area contributed by atoms with Crippen LogP contribution in [0.2, 0.25) is 0 Å². The summed E-state index contributed by atoms with van der Waals surface area (Å²) in [6.07, 6.45) is 0. The first-order valence-corrected chi connectivity index (χ1v) is 6.79. The standard InChI is InChI=1S/C15H14N2O6/c1-2-22-14(18)9-16-15(19)13-7-6-12(23-13)10-4-3-5-11(8-10)17(20)21/h3-8H,2,9H2,1H3,(H,16,19). The van der Waals surface area contributed by atoms with Crippen LogP contribution in [0, 0.1) is 10.1 Å². The lowest BCUT2D eigenvalue weighted by Crippen LogP contribution is -2.30. The molecular weight excluding hydrogens is 304 g/mol. The van der Waals surface area contributed by atoms with Gasteiger partial charge in [0.25, 0.3) is 11.6 Å². The van der Waals surface area contributed by atoms with Crippen LogP contribution in [0.5, 0.6) is 0 Å². The number of amides is 1. The summed E-state index contributed by atoms with van der Waals surface area (Å²) < 4.78 is 10.1. The van der Waals surface area contributed by atoms with Gasteiger partial charge in [0.1, 0.15) is 12.3 Å². The van der Waals surface area contributed by atoms with Crippen molar-refractivity contribution in [1.82, 2.24) is 5.32 Å². The average Bonchev–Trinajstić information content (AvgIpc) is 3.03. The van der Waals surface area contributed by atoms with Crippen LogP contribution in [-0.2, 0) is 9.53 Å². The van der Waals surface area contributed by atoms with Gasteiger partial charge in [-0.2, -0.15) is 0 Å². The van der Waals surface area contributed by atoms with Crippen LogP contribution < -0.4 is 5.32 Å². The van der Waals surface area contributed by atoms with Crippen molar-refractivity contribution in [3.05, 3.63) is 52.3 Å². The number of rotatable bonds is 6. The summed E-state index contributed by atoms with van der Waals surface area (Å²) in [6.45, 7) is 1.63. The normalized spacial score (nSPS) is 10.1. The third kappa shape index (κ3) is 4.16. The summed E-state index contributed by atoms with van der Waals surface area (Å²) >= 11 is 0. The number of esters is 1. The number of hydrogen-bond acceptors (Lipinski definition) is 6. The molecular formula is C15H14N2O6. The number of nitro benzene ring substituents is 1. The predicted octanol–water partition coefficient (Wildman–Crippen LogP) is 2.15. The van der Waals surface area contributed by atoms with Crippen LogP contribution in [-0.4, -0.2) is 30.0 Å². The molecule has 8 nitrogen and oxygen atoms in total. The fourth-order valence-corrected chi connectivity index (χ4v) is 1.84. The summed E-state index contributed by atoms with van der Waals surface area (Å²) in [6, 6.07) is 8.81. The van der Waals surface area contributed by atoms with Gasteiger partial charge in [-0.15, -0.1) is 0 Å². The minimum atomic E-state index is -0.574. The van der Waals surface area contributed by atoms with Gasteiger partial charge < -0.3 is 14.5 Å². The van der Waals surface area contributed by atoms with Crippen LogP contribution in [0.1, 0.15) is 17.5 Å². The number of non-ortho nitro benzene ring substituents is 1. The Morgan fingerprint density at radius 2 is 2.09 bits per heavy atom. The van der Waals surface area contributed by atoms with Crippen molar-refractivity contribution >= 4 is 17.6 Å². The Kier molecular flexibility index (Phi) is 5.08. The molecule has 0 aliphatic carbocycles. The Labute approximate surface area is 131 Å². The van der Waals surface area contributed by atoms with Crippen molar-refractivity contribution in [2.24, 2.45) is 0 Å². The molecule has 2 aromatic rings. The molecule has 0 spiro atoms. The zero-order valence-electron chi connectivity index (χ0n) is 12.3. The highest BCUT2D eigenvalue weighted by atomic mass is 16.6. The molecule has 0 aliphatic rings. The summed E-state index contributed by atoms with van der Waals surface area (Å²) in [4.78, 5) is 33.3. The number of carbonyl (C=O) groups is 2. The molecule has 0 saturated carbocycles. The lowest BCUT2D eigenvalue weighted by molar-refractivity contribution is -0.384. The monoisotopic (exact) mass is 318 g/mol. The van der Waals surface area contributed by atoms with Gasteiger partial charge in [-0.05, 0) is 19.1 Å². The molecule has 0 saturated heterocycles. The van der Waals surface area contributed by atoms with E-state index in [-0.39, 0.29) is 24.6 Å². The Morgan fingerprint density at radius 3 is 2.78 bits per heavy atom. The topological polar surface area (TPSA) is 112 Å². The van der Waals surface area contributed by atoms with Crippen LogP contribution in [0.25, 0.3) is 11.3 Å². The number of carbonyl (C=O) groups excluding carboxylic acids is 2. The molecule has 23 heavy (non-hydrogen) atoms. The summed E-state index contributed by atoms with van der Waals surface area (Å²) in [5, 5.41) is 13.1. The highest BCUT2D eigenvalue weighted by Gasteiger charge is 2.15. The summed E-state index contributed by atoms with van der Waals surface area (Å²) in [5.41, 5.74) is 0.399. The zero-order valence-corrected chi connectivity index (χ0v) is 12.3. The van der Waals surface area contributed by atoms with E-state index in [2.05, 4.69) is 5.32 Å². The number of furan rings is 1. The first-order chi connectivity index (χ1) is 11.0. The van der Waals surface area contributed by atoms with Gasteiger partial charge in [0.2, 0.25) is 0 Å². The highest BCUT2D eigenvalue weighted by molar-refractivity contribution is 5.94. The maximum atomic E-state index is 11.9. The molecule has 1 heterocycles. The van der Waals surface area contributed by atoms with Crippen molar-refractivity contribution in [2.45, 2.75) is 6.92 Å². The van der Waals surface area contributed by atoms with Gasteiger partial charge in [0.05, 0.1) is 11.5 Å². The first kappa shape index (κ1) is 16.2. The first-order valence-electron chi connectivity index (χ1n) is 6.79. The number of nitrogens with zero attached hydrogens (tertiary/aromatic N) is 1. The number of ether oxygens (including phenoxy) is 1. The van der Waals surface area contributed by atoms with Crippen LogP contribution >= 0.6 is 0 Å². The smallest absolute Gasteiger partial charge is 0.325 e. The maximum absolute atomic E-state index is 11.9. The molecule has 2 rings (SSSR count). The van der Waals surface area contributed by atoms with E-state index in [9.17, 15) is 19.7 Å². The molecule has 1 aromatic heterocycles. The molecule has 0 atom stereocenters. The van der Waals surface area contributed by atoms with E-state index in [4.69, 9.17) is 9.15 Å². The van der Waals surface area contributed by atoms with E-state index >= 15 is 0 Å². The largest absolute Gasteiger partial charge is 0.465 e. The molecule has 0 bridgehead atoms. The predicted molar refractivity (Wildman–Crippen MR) is 79.8 cm³/mol. The molecule has 0 radical (unpaired) electrons. The second-order valence-electron chi connectivity index (χ2n) is 4.46. The molecule has 1 amide bonds. The second-order valence-corrected chi connectivity index (χ2v) is 4.46. The van der Waals surface area contributed by atoms with Crippen LogP contribution in [0.15, 0.2) is 40.8 Å². The minimum absolute atomic E-state index is 0.00388. The van der Waals surface area contributed by atoms with E-state index in [0.29, 0.717) is 11.3 Å². The third-order valence-electron chi connectivity index (χ3n) is 2.87. The number of hydrogen-bond donors (Lipinski definition) is 1. The zero-order chi connectivity index (χ0) is 16.8. The van der Waals surface area contributed by atoms with Crippen molar-refractivity contribution in [3.63, 3.8) is 0 Å². The number of nitrogens with one attached hydrogen (secondary N) is 1. The summed E-state index contributed by atoms with van der Waals surface area (Å²) in [7, 11) is 0. The highest BCUT2D eigenvalue weighted by Crippen LogP contribution is 2.25. The Morgan fingerprint density at radius 1 is 1.30 bits per heavy atom. The quantitative estimate of drug-likeness (QED) is 0.496. The average molecular weight is 318 g/mol. The van der Waals surface area contributed by atoms with Crippen molar-refractivity contribution in [3.8, 4) is 11.3 Å². The van der Waals surface area contributed by atoms with Gasteiger partial charge in [0.15, 0.2) is 5.76 Å². The van der Waals surface area contributed by atoms with Crippen LogP contribution in [0.4, 0.5) is 5.69 Å². The molecule has 0 unspecified atom stereocenters. The van der Waals surface area contributed by atoms with E-state index in [1.165, 1.54) is 30.3 Å². The SMILES string of the molecule is CCOC(=O)CNC(=O)c1ccc(-c2cccc([N+](=O)[O-])c2)o1. The van der Waals surface area contributed by atoms with Gasteiger partial charge >= 0.3 is 5.97 Å². The van der Waals surface area contributed by atoms with E-state index in [1.54, 1.807) is 13.0 Å². The van der Waals surface area contributed by atoms with Gasteiger partial charge in [-0.25, -0.2) is 0 Å². The van der Waals surface area contributed by atoms with Crippen molar-refractivity contribution < 1.29 is 23.7 Å². The molecule has 1 aromatic carbocycles. The Balaban J connectivity index is 2.08. The maximum Gasteiger partial charge on any atom is 0.325 e. The summed E-state index contributed by atoms with van der Waals surface area (Å²) in [5.74, 6) is -0.813. The number of nitro groups is 1. The van der Waals surface area contributed by atoms with Gasteiger partial charge in [-0.3, -0.25) is 19.7 Å². The third-order valence-corrected chi connectivity index (χ3v) is 2.87.